The highest BCUT2D eigenvalue weighted by Gasteiger charge is 2.14. The second-order valence-electron chi connectivity index (χ2n) is 3.73. The number of hydrogen-bond acceptors (Lipinski definition) is 4. The minimum atomic E-state index is -2.08. The molecular formula is C11H12NO3S-. The van der Waals surface area contributed by atoms with Crippen molar-refractivity contribution in [3.63, 3.8) is 0 Å². The zero-order valence-corrected chi connectivity index (χ0v) is 9.75. The van der Waals surface area contributed by atoms with Crippen LogP contribution in [-0.4, -0.2) is 21.1 Å². The molecular weight excluding hydrogens is 226 g/mol. The van der Waals surface area contributed by atoms with Crippen molar-refractivity contribution in [1.82, 2.24) is 0 Å². The summed E-state index contributed by atoms with van der Waals surface area (Å²) in [5, 5.41) is 3.92. The summed E-state index contributed by atoms with van der Waals surface area (Å²) in [6.45, 7) is 2.51. The van der Waals surface area contributed by atoms with Gasteiger partial charge in [0.05, 0.1) is 5.71 Å². The van der Waals surface area contributed by atoms with E-state index in [2.05, 4.69) is 5.16 Å². The van der Waals surface area contributed by atoms with Gasteiger partial charge in [0.2, 0.25) is 0 Å². The zero-order chi connectivity index (χ0) is 11.5. The van der Waals surface area contributed by atoms with E-state index in [4.69, 9.17) is 4.84 Å². The van der Waals surface area contributed by atoms with Gasteiger partial charge in [-0.15, -0.1) is 0 Å². The van der Waals surface area contributed by atoms with E-state index in [1.165, 1.54) is 0 Å². The highest BCUT2D eigenvalue weighted by molar-refractivity contribution is 7.78. The van der Waals surface area contributed by atoms with Gasteiger partial charge in [-0.2, -0.15) is 0 Å². The van der Waals surface area contributed by atoms with E-state index < -0.39 is 11.1 Å². The largest absolute Gasteiger partial charge is 0.772 e. The summed E-state index contributed by atoms with van der Waals surface area (Å²) in [5.41, 5.74) is 3.55. The fourth-order valence-electron chi connectivity index (χ4n) is 1.75. The summed E-state index contributed by atoms with van der Waals surface area (Å²) in [4.78, 5) is 4.94. The van der Waals surface area contributed by atoms with Crippen molar-refractivity contribution in [2.75, 3.05) is 6.61 Å². The first kappa shape index (κ1) is 11.3. The Kier molecular flexibility index (Phi) is 3.36. The molecule has 0 N–H and O–H groups in total. The predicted molar refractivity (Wildman–Crippen MR) is 60.9 cm³/mol. The number of rotatable bonds is 3. The van der Waals surface area contributed by atoms with Crippen LogP contribution < -0.4 is 0 Å². The molecule has 2 rings (SSSR count). The molecule has 1 aliphatic rings. The van der Waals surface area contributed by atoms with Gasteiger partial charge < -0.3 is 9.39 Å². The van der Waals surface area contributed by atoms with Crippen molar-refractivity contribution in [2.24, 2.45) is 5.16 Å². The number of oxime groups is 1. The van der Waals surface area contributed by atoms with Gasteiger partial charge in [0, 0.05) is 17.7 Å². The lowest BCUT2D eigenvalue weighted by Gasteiger charge is -2.11. The van der Waals surface area contributed by atoms with Crippen molar-refractivity contribution in [3.05, 3.63) is 34.9 Å². The summed E-state index contributed by atoms with van der Waals surface area (Å²) >= 11 is -2.08. The third-order valence-electron chi connectivity index (χ3n) is 2.45. The van der Waals surface area contributed by atoms with E-state index in [0.29, 0.717) is 6.61 Å². The fourth-order valence-corrected chi connectivity index (χ4v) is 2.24. The maximum atomic E-state index is 10.8. The van der Waals surface area contributed by atoms with Crippen LogP contribution in [0.5, 0.6) is 0 Å². The van der Waals surface area contributed by atoms with Crippen LogP contribution in [0.1, 0.15) is 23.1 Å². The van der Waals surface area contributed by atoms with Crippen LogP contribution >= 0.6 is 0 Å². The number of aryl methyl sites for hydroxylation is 1. The molecule has 0 aliphatic carbocycles. The normalized spacial score (nSPS) is 16.8. The van der Waals surface area contributed by atoms with Crippen LogP contribution in [-0.2, 0) is 21.7 Å². The minimum absolute atomic E-state index is 0.0238. The molecule has 1 atom stereocenters. The quantitative estimate of drug-likeness (QED) is 0.750. The fraction of sp³-hybridized carbons (Fsp3) is 0.364. The molecule has 16 heavy (non-hydrogen) atoms. The van der Waals surface area contributed by atoms with E-state index in [9.17, 15) is 8.76 Å². The molecule has 1 aliphatic heterocycles. The molecule has 1 aromatic rings. The van der Waals surface area contributed by atoms with Gasteiger partial charge in [-0.25, -0.2) is 0 Å². The Morgan fingerprint density at radius 3 is 3.00 bits per heavy atom. The second-order valence-corrected chi connectivity index (χ2v) is 4.63. The molecule has 0 fully saturated rings. The van der Waals surface area contributed by atoms with Crippen molar-refractivity contribution < 1.29 is 13.6 Å². The lowest BCUT2D eigenvalue weighted by molar-refractivity contribution is 0.174. The highest BCUT2D eigenvalue weighted by atomic mass is 32.2. The minimum Gasteiger partial charge on any atom is -0.772 e. The van der Waals surface area contributed by atoms with Crippen molar-refractivity contribution >= 4 is 16.8 Å². The Morgan fingerprint density at radius 1 is 1.56 bits per heavy atom. The van der Waals surface area contributed by atoms with E-state index >= 15 is 0 Å². The molecule has 0 radical (unpaired) electrons. The third-order valence-corrected chi connectivity index (χ3v) is 3.00. The molecule has 0 saturated carbocycles. The van der Waals surface area contributed by atoms with Crippen LogP contribution in [0, 0.1) is 6.92 Å². The Morgan fingerprint density at radius 2 is 2.38 bits per heavy atom. The predicted octanol–water partition coefficient (Wildman–Crippen LogP) is 1.50. The number of hydrogen-bond donors (Lipinski definition) is 0. The molecule has 0 aromatic heterocycles. The molecule has 1 aromatic carbocycles. The molecule has 0 saturated heterocycles. The van der Waals surface area contributed by atoms with Crippen LogP contribution in [0.3, 0.4) is 0 Å². The standard InChI is InChI=1S/C11H13NO3S/c1-8-2-3-10(11-4-5-15-12-11)9(6-8)7-16(13)14/h2-3,6H,4-5,7H2,1H3,(H,13,14)/p-1. The van der Waals surface area contributed by atoms with Gasteiger partial charge in [0.25, 0.3) is 0 Å². The van der Waals surface area contributed by atoms with Gasteiger partial charge in [-0.3, -0.25) is 4.21 Å². The average Bonchev–Trinajstić information content (AvgIpc) is 2.69. The van der Waals surface area contributed by atoms with Gasteiger partial charge in [-0.1, -0.05) is 40.0 Å². The lowest BCUT2D eigenvalue weighted by Crippen LogP contribution is -2.05. The Bertz CT molecular complexity index is 457. The summed E-state index contributed by atoms with van der Waals surface area (Å²) in [5.74, 6) is 0.0238. The van der Waals surface area contributed by atoms with Gasteiger partial charge >= 0.3 is 0 Å². The van der Waals surface area contributed by atoms with Crippen LogP contribution in [0.15, 0.2) is 23.4 Å². The zero-order valence-electron chi connectivity index (χ0n) is 8.93. The van der Waals surface area contributed by atoms with Gasteiger partial charge in [0.1, 0.15) is 6.61 Å². The smallest absolute Gasteiger partial charge is 0.122 e. The van der Waals surface area contributed by atoms with Crippen molar-refractivity contribution in [3.8, 4) is 0 Å². The molecule has 5 heteroatoms. The third kappa shape index (κ3) is 2.48. The summed E-state index contributed by atoms with van der Waals surface area (Å²) in [6.07, 6.45) is 0.738. The SMILES string of the molecule is Cc1ccc(C2=NOCC2)c(CS(=O)[O-])c1. The topological polar surface area (TPSA) is 61.7 Å². The van der Waals surface area contributed by atoms with E-state index in [1.54, 1.807) is 0 Å². The van der Waals surface area contributed by atoms with Crippen LogP contribution in [0.25, 0.3) is 0 Å². The summed E-state index contributed by atoms with van der Waals surface area (Å²) in [7, 11) is 0. The van der Waals surface area contributed by atoms with Crippen LogP contribution in [0.4, 0.5) is 0 Å². The van der Waals surface area contributed by atoms with Gasteiger partial charge in [-0.05, 0) is 12.5 Å². The number of benzene rings is 1. The summed E-state index contributed by atoms with van der Waals surface area (Å²) in [6, 6.07) is 5.74. The average molecular weight is 238 g/mol. The van der Waals surface area contributed by atoms with E-state index in [-0.39, 0.29) is 5.75 Å². The van der Waals surface area contributed by atoms with Crippen molar-refractivity contribution in [1.29, 1.82) is 0 Å². The molecule has 0 bridgehead atoms. The maximum Gasteiger partial charge on any atom is 0.122 e. The first-order chi connectivity index (χ1) is 7.66. The molecule has 1 heterocycles. The highest BCUT2D eigenvalue weighted by Crippen LogP contribution is 2.18. The molecule has 86 valence electrons. The van der Waals surface area contributed by atoms with Gasteiger partial charge in [0.15, 0.2) is 0 Å². The second kappa shape index (κ2) is 4.76. The maximum absolute atomic E-state index is 10.8. The van der Waals surface area contributed by atoms with Crippen LogP contribution in [0.2, 0.25) is 0 Å². The van der Waals surface area contributed by atoms with Crippen molar-refractivity contribution in [2.45, 2.75) is 19.1 Å². The lowest BCUT2D eigenvalue weighted by atomic mass is 10.0. The molecule has 0 amide bonds. The van der Waals surface area contributed by atoms with E-state index in [0.717, 1.165) is 28.8 Å². The Balaban J connectivity index is 2.39. The van der Waals surface area contributed by atoms with E-state index in [1.807, 2.05) is 25.1 Å². The summed E-state index contributed by atoms with van der Waals surface area (Å²) < 4.78 is 21.6. The number of nitrogens with zero attached hydrogens (tertiary/aromatic N) is 1. The first-order valence-corrected chi connectivity index (χ1v) is 6.26. The first-order valence-electron chi connectivity index (χ1n) is 5.01. The molecule has 0 spiro atoms. The molecule has 4 nitrogen and oxygen atoms in total. The Hall–Kier alpha value is -1.20. The molecule has 1 unspecified atom stereocenters. The Labute approximate surface area is 96.6 Å². The monoisotopic (exact) mass is 238 g/mol.